The minimum absolute atomic E-state index is 0.0899. The summed E-state index contributed by atoms with van der Waals surface area (Å²) in [4.78, 5) is 12.0. The van der Waals surface area contributed by atoms with Crippen LogP contribution in [0.2, 0.25) is 0 Å². The summed E-state index contributed by atoms with van der Waals surface area (Å²) in [5, 5.41) is 6.92. The second kappa shape index (κ2) is 4.52. The number of aromatic nitrogens is 2. The predicted octanol–water partition coefficient (Wildman–Crippen LogP) is 0.00390. The lowest BCUT2D eigenvalue weighted by atomic mass is 10.2. The Kier molecular flexibility index (Phi) is 3.09. The van der Waals surface area contributed by atoms with E-state index in [1.165, 1.54) is 6.20 Å². The van der Waals surface area contributed by atoms with Crippen LogP contribution < -0.4 is 11.1 Å². The Morgan fingerprint density at radius 3 is 3.25 bits per heavy atom. The molecule has 0 saturated carbocycles. The first-order valence-corrected chi connectivity index (χ1v) is 5.42. The van der Waals surface area contributed by atoms with E-state index in [1.54, 1.807) is 4.68 Å². The molecule has 16 heavy (non-hydrogen) atoms. The number of nitrogens with two attached hydrogens (primary N) is 1. The zero-order valence-electron chi connectivity index (χ0n) is 9.27. The molecule has 1 amide bonds. The van der Waals surface area contributed by atoms with Gasteiger partial charge in [0.2, 0.25) is 0 Å². The number of nitrogens with zero attached hydrogens (tertiary/aromatic N) is 2. The highest BCUT2D eigenvalue weighted by Crippen LogP contribution is 2.12. The van der Waals surface area contributed by atoms with E-state index in [0.717, 1.165) is 6.42 Å². The van der Waals surface area contributed by atoms with Gasteiger partial charge in [-0.2, -0.15) is 5.10 Å². The smallest absolute Gasteiger partial charge is 0.272 e. The van der Waals surface area contributed by atoms with Crippen molar-refractivity contribution in [3.63, 3.8) is 0 Å². The van der Waals surface area contributed by atoms with E-state index in [0.29, 0.717) is 31.1 Å². The molecule has 6 heteroatoms. The Balaban J connectivity index is 2.10. The van der Waals surface area contributed by atoms with Crippen molar-refractivity contribution in [2.24, 2.45) is 0 Å². The zero-order chi connectivity index (χ0) is 11.5. The molecule has 1 aromatic heterocycles. The molecule has 0 spiro atoms. The average Bonchev–Trinajstić information content (AvgIpc) is 2.87. The maximum atomic E-state index is 12.0. The number of amides is 1. The van der Waals surface area contributed by atoms with Gasteiger partial charge in [0.05, 0.1) is 24.5 Å². The highest BCUT2D eigenvalue weighted by atomic mass is 16.5. The Morgan fingerprint density at radius 1 is 1.81 bits per heavy atom. The Hall–Kier alpha value is -1.56. The molecule has 0 bridgehead atoms. The van der Waals surface area contributed by atoms with Crippen LogP contribution in [0.15, 0.2) is 6.20 Å². The van der Waals surface area contributed by atoms with Gasteiger partial charge in [0.1, 0.15) is 5.69 Å². The molecule has 2 heterocycles. The summed E-state index contributed by atoms with van der Waals surface area (Å²) in [6.45, 7) is 3.82. The first-order valence-electron chi connectivity index (χ1n) is 5.42. The topological polar surface area (TPSA) is 82.2 Å². The SMILES string of the molecule is CCn1ncc(N)c1C(=O)NC1CCOC1. The molecule has 1 atom stereocenters. The number of nitrogen functional groups attached to an aromatic ring is 1. The van der Waals surface area contributed by atoms with Crippen LogP contribution in [0.5, 0.6) is 0 Å². The lowest BCUT2D eigenvalue weighted by Crippen LogP contribution is -2.36. The summed E-state index contributed by atoms with van der Waals surface area (Å²) in [6, 6.07) is 0.0899. The molecule has 0 aliphatic carbocycles. The van der Waals surface area contributed by atoms with Crippen LogP contribution in [0.3, 0.4) is 0 Å². The lowest BCUT2D eigenvalue weighted by Gasteiger charge is -2.11. The van der Waals surface area contributed by atoms with Gasteiger partial charge in [-0.15, -0.1) is 0 Å². The van der Waals surface area contributed by atoms with Crippen LogP contribution in [-0.4, -0.2) is 34.9 Å². The molecule has 1 aromatic rings. The highest BCUT2D eigenvalue weighted by molar-refractivity contribution is 5.97. The molecule has 6 nitrogen and oxygen atoms in total. The van der Waals surface area contributed by atoms with E-state index in [4.69, 9.17) is 10.5 Å². The molecular formula is C10H16N4O2. The van der Waals surface area contributed by atoms with Crippen molar-refractivity contribution < 1.29 is 9.53 Å². The van der Waals surface area contributed by atoms with Gasteiger partial charge in [-0.25, -0.2) is 0 Å². The van der Waals surface area contributed by atoms with Crippen LogP contribution in [0.25, 0.3) is 0 Å². The molecule has 1 fully saturated rings. The molecule has 0 radical (unpaired) electrons. The van der Waals surface area contributed by atoms with E-state index in [1.807, 2.05) is 6.92 Å². The Labute approximate surface area is 93.8 Å². The van der Waals surface area contributed by atoms with E-state index in [2.05, 4.69) is 10.4 Å². The number of nitrogens with one attached hydrogen (secondary N) is 1. The van der Waals surface area contributed by atoms with Gasteiger partial charge in [0, 0.05) is 13.2 Å². The number of aryl methyl sites for hydroxylation is 1. The van der Waals surface area contributed by atoms with E-state index >= 15 is 0 Å². The second-order valence-electron chi connectivity index (χ2n) is 3.80. The summed E-state index contributed by atoms with van der Waals surface area (Å²) in [5.41, 5.74) is 6.57. The normalized spacial score (nSPS) is 19.9. The van der Waals surface area contributed by atoms with Gasteiger partial charge in [0.25, 0.3) is 5.91 Å². The van der Waals surface area contributed by atoms with Crippen molar-refractivity contribution in [2.75, 3.05) is 18.9 Å². The van der Waals surface area contributed by atoms with Gasteiger partial charge in [-0.05, 0) is 13.3 Å². The number of ether oxygens (including phenoxy) is 1. The summed E-state index contributed by atoms with van der Waals surface area (Å²) < 4.78 is 6.79. The molecule has 2 rings (SSSR count). The van der Waals surface area contributed by atoms with Crippen LogP contribution in [0, 0.1) is 0 Å². The largest absolute Gasteiger partial charge is 0.396 e. The standard InChI is InChI=1S/C10H16N4O2/c1-2-14-9(8(11)5-12-14)10(15)13-7-3-4-16-6-7/h5,7H,2-4,6,11H2,1H3,(H,13,15). The third-order valence-electron chi connectivity index (χ3n) is 2.65. The van der Waals surface area contributed by atoms with Crippen LogP contribution >= 0.6 is 0 Å². The summed E-state index contributed by atoms with van der Waals surface area (Å²) in [5.74, 6) is -0.174. The average molecular weight is 224 g/mol. The summed E-state index contributed by atoms with van der Waals surface area (Å²) in [7, 11) is 0. The van der Waals surface area contributed by atoms with E-state index < -0.39 is 0 Å². The molecule has 0 aromatic carbocycles. The van der Waals surface area contributed by atoms with Gasteiger partial charge in [0.15, 0.2) is 0 Å². The minimum Gasteiger partial charge on any atom is -0.396 e. The van der Waals surface area contributed by atoms with Gasteiger partial charge in [-0.1, -0.05) is 0 Å². The van der Waals surface area contributed by atoms with Crippen molar-refractivity contribution in [1.82, 2.24) is 15.1 Å². The van der Waals surface area contributed by atoms with Crippen molar-refractivity contribution in [3.05, 3.63) is 11.9 Å². The number of carbonyl (C=O) groups is 1. The van der Waals surface area contributed by atoms with Gasteiger partial charge in [-0.3, -0.25) is 9.48 Å². The van der Waals surface area contributed by atoms with Crippen LogP contribution in [0.1, 0.15) is 23.8 Å². The van der Waals surface area contributed by atoms with E-state index in [-0.39, 0.29) is 11.9 Å². The van der Waals surface area contributed by atoms with Crippen molar-refractivity contribution in [1.29, 1.82) is 0 Å². The van der Waals surface area contributed by atoms with Crippen molar-refractivity contribution in [3.8, 4) is 0 Å². The first-order chi connectivity index (χ1) is 7.72. The second-order valence-corrected chi connectivity index (χ2v) is 3.80. The van der Waals surface area contributed by atoms with Crippen molar-refractivity contribution in [2.45, 2.75) is 25.9 Å². The number of hydrogen-bond donors (Lipinski definition) is 2. The molecular weight excluding hydrogens is 208 g/mol. The maximum Gasteiger partial charge on any atom is 0.272 e. The first kappa shape index (κ1) is 10.9. The fraction of sp³-hybridized carbons (Fsp3) is 0.600. The molecule has 1 saturated heterocycles. The molecule has 1 unspecified atom stereocenters. The van der Waals surface area contributed by atoms with Crippen LogP contribution in [0.4, 0.5) is 5.69 Å². The third kappa shape index (κ3) is 2.01. The Morgan fingerprint density at radius 2 is 2.62 bits per heavy atom. The third-order valence-corrected chi connectivity index (χ3v) is 2.65. The number of anilines is 1. The van der Waals surface area contributed by atoms with Crippen molar-refractivity contribution >= 4 is 11.6 Å². The monoisotopic (exact) mass is 224 g/mol. The summed E-state index contributed by atoms with van der Waals surface area (Å²) >= 11 is 0. The van der Waals surface area contributed by atoms with Crippen LogP contribution in [-0.2, 0) is 11.3 Å². The molecule has 1 aliphatic heterocycles. The fourth-order valence-corrected chi connectivity index (χ4v) is 1.79. The van der Waals surface area contributed by atoms with Gasteiger partial charge < -0.3 is 15.8 Å². The molecule has 3 N–H and O–H groups in total. The lowest BCUT2D eigenvalue weighted by molar-refractivity contribution is 0.0920. The van der Waals surface area contributed by atoms with E-state index in [9.17, 15) is 4.79 Å². The number of hydrogen-bond acceptors (Lipinski definition) is 4. The number of carbonyl (C=O) groups excluding carboxylic acids is 1. The summed E-state index contributed by atoms with van der Waals surface area (Å²) in [6.07, 6.45) is 2.36. The quantitative estimate of drug-likeness (QED) is 0.757. The molecule has 1 aliphatic rings. The zero-order valence-corrected chi connectivity index (χ0v) is 9.27. The highest BCUT2D eigenvalue weighted by Gasteiger charge is 2.22. The minimum atomic E-state index is -0.174. The fourth-order valence-electron chi connectivity index (χ4n) is 1.79. The molecule has 88 valence electrons. The van der Waals surface area contributed by atoms with Gasteiger partial charge >= 0.3 is 0 Å². The predicted molar refractivity (Wildman–Crippen MR) is 59.0 cm³/mol. The maximum absolute atomic E-state index is 12.0. The number of rotatable bonds is 3. The Bertz CT molecular complexity index is 382.